The zero-order valence-corrected chi connectivity index (χ0v) is 12.0. The van der Waals surface area contributed by atoms with Crippen LogP contribution in [0, 0.1) is 0 Å². The average Bonchev–Trinajstić information content (AvgIpc) is 2.09. The second-order valence-corrected chi connectivity index (χ2v) is 8.32. The molecule has 1 aromatic carbocycles. The Kier molecular flexibility index (Phi) is 3.69. The Labute approximate surface area is 105 Å². The van der Waals surface area contributed by atoms with Gasteiger partial charge in [0.15, 0.2) is 9.84 Å². The van der Waals surface area contributed by atoms with E-state index in [-0.39, 0.29) is 5.75 Å². The van der Waals surface area contributed by atoms with Crippen molar-refractivity contribution in [2.24, 2.45) is 0 Å². The predicted molar refractivity (Wildman–Crippen MR) is 70.9 cm³/mol. The van der Waals surface area contributed by atoms with Gasteiger partial charge in [-0.3, -0.25) is 0 Å². The molecule has 0 spiro atoms. The molecule has 0 amide bonds. The van der Waals surface area contributed by atoms with Crippen molar-refractivity contribution in [3.63, 3.8) is 0 Å². The summed E-state index contributed by atoms with van der Waals surface area (Å²) in [4.78, 5) is 0. The van der Waals surface area contributed by atoms with Crippen LogP contribution in [0.15, 0.2) is 22.7 Å². The first kappa shape index (κ1) is 13.5. The topological polar surface area (TPSA) is 60.2 Å². The Morgan fingerprint density at radius 1 is 1.31 bits per heavy atom. The van der Waals surface area contributed by atoms with E-state index in [2.05, 4.69) is 15.9 Å². The molecule has 0 atom stereocenters. The Bertz CT molecular complexity index is 489. The number of nitrogens with two attached hydrogens (primary N) is 1. The highest BCUT2D eigenvalue weighted by atomic mass is 79.9. The molecule has 0 saturated carbocycles. The largest absolute Gasteiger partial charge is 0.398 e. The molecule has 0 aliphatic carbocycles. The molecule has 1 rings (SSSR count). The fourth-order valence-corrected chi connectivity index (χ4v) is 2.42. The molecule has 0 fully saturated rings. The summed E-state index contributed by atoms with van der Waals surface area (Å²) in [6.07, 6.45) is 0. The van der Waals surface area contributed by atoms with Gasteiger partial charge in [0.25, 0.3) is 0 Å². The predicted octanol–water partition coefficient (Wildman–Crippen LogP) is 2.74. The number of benzene rings is 1. The second kappa shape index (κ2) is 4.37. The monoisotopic (exact) mass is 305 g/mol. The van der Waals surface area contributed by atoms with Gasteiger partial charge < -0.3 is 5.73 Å². The summed E-state index contributed by atoms with van der Waals surface area (Å²) in [5, 5.41) is 0. The first-order valence-corrected chi connectivity index (χ1v) is 7.34. The van der Waals surface area contributed by atoms with Gasteiger partial charge in [-0.2, -0.15) is 0 Å². The van der Waals surface area contributed by atoms with Crippen molar-refractivity contribution in [2.75, 3.05) is 5.73 Å². The quantitative estimate of drug-likeness (QED) is 0.855. The molecule has 0 radical (unpaired) electrons. The highest BCUT2D eigenvalue weighted by Gasteiger charge is 2.28. The average molecular weight is 306 g/mol. The molecular weight excluding hydrogens is 290 g/mol. The fourth-order valence-electron chi connectivity index (χ4n) is 1.12. The van der Waals surface area contributed by atoms with Gasteiger partial charge in [-0.1, -0.05) is 6.07 Å². The van der Waals surface area contributed by atoms with E-state index in [1.807, 2.05) is 0 Å². The number of hydrogen-bond donors (Lipinski definition) is 1. The normalized spacial score (nSPS) is 12.8. The van der Waals surface area contributed by atoms with Gasteiger partial charge in [-0.05, 0) is 54.4 Å². The van der Waals surface area contributed by atoms with Crippen molar-refractivity contribution in [1.29, 1.82) is 0 Å². The highest BCUT2D eigenvalue weighted by Crippen LogP contribution is 2.24. The first-order chi connectivity index (χ1) is 7.13. The van der Waals surface area contributed by atoms with Crippen LogP contribution in [0.4, 0.5) is 5.69 Å². The van der Waals surface area contributed by atoms with Crippen LogP contribution in [0.5, 0.6) is 0 Å². The van der Waals surface area contributed by atoms with Crippen molar-refractivity contribution in [2.45, 2.75) is 31.3 Å². The van der Waals surface area contributed by atoms with Crippen molar-refractivity contribution in [3.8, 4) is 0 Å². The number of anilines is 1. The van der Waals surface area contributed by atoms with Gasteiger partial charge in [-0.25, -0.2) is 8.42 Å². The molecular formula is C11H16BrNO2S. The van der Waals surface area contributed by atoms with Gasteiger partial charge in [0.05, 0.1) is 10.5 Å². The number of hydrogen-bond acceptors (Lipinski definition) is 3. The van der Waals surface area contributed by atoms with Gasteiger partial charge >= 0.3 is 0 Å². The minimum atomic E-state index is -3.15. The van der Waals surface area contributed by atoms with Crippen LogP contribution in [0.1, 0.15) is 26.3 Å². The van der Waals surface area contributed by atoms with Gasteiger partial charge in [0, 0.05) is 10.2 Å². The summed E-state index contributed by atoms with van der Waals surface area (Å²) < 4.78 is 24.0. The Hall–Kier alpha value is -0.550. The van der Waals surface area contributed by atoms with E-state index in [9.17, 15) is 8.42 Å². The lowest BCUT2D eigenvalue weighted by molar-refractivity contribution is 0.559. The van der Waals surface area contributed by atoms with E-state index in [1.165, 1.54) is 0 Å². The summed E-state index contributed by atoms with van der Waals surface area (Å²) in [6.45, 7) is 5.10. The summed E-state index contributed by atoms with van der Waals surface area (Å²) in [7, 11) is -3.15. The smallest absolute Gasteiger partial charge is 0.159 e. The van der Waals surface area contributed by atoms with Crippen molar-refractivity contribution in [3.05, 3.63) is 28.2 Å². The van der Waals surface area contributed by atoms with Crippen LogP contribution in [-0.4, -0.2) is 13.2 Å². The number of nitrogen functional groups attached to an aromatic ring is 1. The summed E-state index contributed by atoms with van der Waals surface area (Å²) in [6, 6.07) is 5.22. The zero-order chi connectivity index (χ0) is 12.6. The van der Waals surface area contributed by atoms with Crippen LogP contribution in [-0.2, 0) is 15.6 Å². The highest BCUT2D eigenvalue weighted by molar-refractivity contribution is 9.10. The van der Waals surface area contributed by atoms with E-state index in [1.54, 1.807) is 39.0 Å². The summed E-state index contributed by atoms with van der Waals surface area (Å²) >= 11 is 3.27. The summed E-state index contributed by atoms with van der Waals surface area (Å²) in [5.74, 6) is 0.0218. The van der Waals surface area contributed by atoms with Crippen LogP contribution in [0.2, 0.25) is 0 Å². The first-order valence-electron chi connectivity index (χ1n) is 4.90. The zero-order valence-electron chi connectivity index (χ0n) is 9.62. The summed E-state index contributed by atoms with van der Waals surface area (Å²) in [5.41, 5.74) is 6.98. The third-order valence-electron chi connectivity index (χ3n) is 2.35. The molecule has 0 bridgehead atoms. The van der Waals surface area contributed by atoms with Crippen LogP contribution in [0.3, 0.4) is 0 Å². The number of halogens is 1. The Morgan fingerprint density at radius 3 is 2.31 bits per heavy atom. The third-order valence-corrected chi connectivity index (χ3v) is 5.65. The Morgan fingerprint density at radius 2 is 1.88 bits per heavy atom. The van der Waals surface area contributed by atoms with E-state index in [0.717, 1.165) is 10.0 Å². The number of sulfone groups is 1. The van der Waals surface area contributed by atoms with E-state index in [0.29, 0.717) is 5.69 Å². The van der Waals surface area contributed by atoms with Crippen molar-refractivity contribution >= 4 is 31.5 Å². The maximum absolute atomic E-state index is 12.0. The SMILES string of the molecule is CC(C)(C)S(=O)(=O)Cc1ccc(Br)c(N)c1. The molecule has 16 heavy (non-hydrogen) atoms. The van der Waals surface area contributed by atoms with E-state index < -0.39 is 14.6 Å². The molecule has 0 aliphatic rings. The molecule has 0 aromatic heterocycles. The standard InChI is InChI=1S/C11H16BrNO2S/c1-11(2,3)16(14,15)7-8-4-5-9(12)10(13)6-8/h4-6H,7,13H2,1-3H3. The lowest BCUT2D eigenvalue weighted by atomic mass is 10.2. The second-order valence-electron chi connectivity index (χ2n) is 4.73. The maximum atomic E-state index is 12.0. The van der Waals surface area contributed by atoms with Crippen LogP contribution >= 0.6 is 15.9 Å². The molecule has 2 N–H and O–H groups in total. The lowest BCUT2D eigenvalue weighted by Gasteiger charge is -2.19. The fraction of sp³-hybridized carbons (Fsp3) is 0.455. The van der Waals surface area contributed by atoms with Crippen molar-refractivity contribution in [1.82, 2.24) is 0 Å². The van der Waals surface area contributed by atoms with Gasteiger partial charge in [-0.15, -0.1) is 0 Å². The molecule has 5 heteroatoms. The minimum Gasteiger partial charge on any atom is -0.398 e. The molecule has 90 valence electrons. The maximum Gasteiger partial charge on any atom is 0.159 e. The van der Waals surface area contributed by atoms with E-state index in [4.69, 9.17) is 5.73 Å². The lowest BCUT2D eigenvalue weighted by Crippen LogP contribution is -2.29. The van der Waals surface area contributed by atoms with E-state index >= 15 is 0 Å². The molecule has 0 heterocycles. The molecule has 0 unspecified atom stereocenters. The third kappa shape index (κ3) is 2.98. The van der Waals surface area contributed by atoms with Gasteiger partial charge in [0.1, 0.15) is 0 Å². The molecule has 0 saturated heterocycles. The van der Waals surface area contributed by atoms with Crippen LogP contribution < -0.4 is 5.73 Å². The Balaban J connectivity index is 3.03. The molecule has 3 nitrogen and oxygen atoms in total. The molecule has 0 aliphatic heterocycles. The molecule has 1 aromatic rings. The number of rotatable bonds is 2. The minimum absolute atomic E-state index is 0.0218. The van der Waals surface area contributed by atoms with Gasteiger partial charge in [0.2, 0.25) is 0 Å². The van der Waals surface area contributed by atoms with Crippen LogP contribution in [0.25, 0.3) is 0 Å². The van der Waals surface area contributed by atoms with Crippen molar-refractivity contribution < 1.29 is 8.42 Å².